The van der Waals surface area contributed by atoms with Crippen molar-refractivity contribution >= 4 is 40.7 Å². The highest BCUT2D eigenvalue weighted by Crippen LogP contribution is 2.20. The molecule has 0 fully saturated rings. The molecule has 1 amide bonds. The predicted molar refractivity (Wildman–Crippen MR) is 120 cm³/mol. The number of carbonyl (C=O) groups excluding carboxylic acids is 1. The van der Waals surface area contributed by atoms with Gasteiger partial charge in [-0.1, -0.05) is 24.3 Å². The lowest BCUT2D eigenvalue weighted by Crippen LogP contribution is -2.17. The van der Waals surface area contributed by atoms with Crippen molar-refractivity contribution in [1.82, 2.24) is 5.43 Å². The van der Waals surface area contributed by atoms with Crippen LogP contribution in [0.1, 0.15) is 31.8 Å². The summed E-state index contributed by atoms with van der Waals surface area (Å²) in [7, 11) is 0. The molecule has 0 radical (unpaired) electrons. The van der Waals surface area contributed by atoms with Crippen LogP contribution >= 0.6 is 22.6 Å². The number of hydrogen-bond acceptors (Lipinski definition) is 5. The van der Waals surface area contributed by atoms with Gasteiger partial charge < -0.3 is 14.9 Å². The number of nitrogens with zero attached hydrogens (tertiary/aromatic N) is 1. The molecule has 3 rings (SSSR count). The van der Waals surface area contributed by atoms with Crippen LogP contribution in [-0.2, 0) is 6.61 Å². The Hall–Kier alpha value is -3.40. The number of carboxylic acids is 1. The van der Waals surface area contributed by atoms with Crippen LogP contribution in [-0.4, -0.2) is 28.3 Å². The molecule has 0 spiro atoms. The Morgan fingerprint density at radius 2 is 1.73 bits per heavy atom. The van der Waals surface area contributed by atoms with Gasteiger partial charge in [0.05, 0.1) is 15.3 Å². The molecule has 0 heterocycles. The molecule has 7 nitrogen and oxygen atoms in total. The van der Waals surface area contributed by atoms with Crippen LogP contribution < -0.4 is 10.2 Å². The number of ether oxygens (including phenoxy) is 1. The quantitative estimate of drug-likeness (QED) is 0.250. The summed E-state index contributed by atoms with van der Waals surface area (Å²) in [6.07, 6.45) is 1.47. The Labute approximate surface area is 186 Å². The minimum Gasteiger partial charge on any atom is -0.507 e. The van der Waals surface area contributed by atoms with Crippen LogP contribution in [0, 0.1) is 3.57 Å². The number of amides is 1. The third kappa shape index (κ3) is 5.57. The van der Waals surface area contributed by atoms with Crippen molar-refractivity contribution in [1.29, 1.82) is 0 Å². The average molecular weight is 516 g/mol. The Bertz CT molecular complexity index is 1100. The van der Waals surface area contributed by atoms with Gasteiger partial charge in [-0.3, -0.25) is 4.79 Å². The normalized spacial score (nSPS) is 10.7. The van der Waals surface area contributed by atoms with E-state index in [0.29, 0.717) is 20.4 Å². The Kier molecular flexibility index (Phi) is 7.02. The van der Waals surface area contributed by atoms with Crippen molar-refractivity contribution in [2.45, 2.75) is 6.61 Å². The molecule has 0 aliphatic heterocycles. The number of hydrazone groups is 1. The zero-order chi connectivity index (χ0) is 21.5. The van der Waals surface area contributed by atoms with Gasteiger partial charge in [0, 0.05) is 11.1 Å². The van der Waals surface area contributed by atoms with Crippen LogP contribution in [0.25, 0.3) is 0 Å². The number of carboxylic acid groups (broad SMARTS) is 1. The Morgan fingerprint density at radius 1 is 1.03 bits per heavy atom. The second kappa shape index (κ2) is 9.88. The van der Waals surface area contributed by atoms with Gasteiger partial charge in [0.15, 0.2) is 0 Å². The van der Waals surface area contributed by atoms with Crippen LogP contribution in [0.2, 0.25) is 0 Å². The molecule has 0 aliphatic rings. The zero-order valence-corrected chi connectivity index (χ0v) is 17.7. The van der Waals surface area contributed by atoms with Crippen LogP contribution in [0.15, 0.2) is 71.8 Å². The molecule has 0 aliphatic carbocycles. The molecule has 0 saturated heterocycles. The first kappa shape index (κ1) is 21.3. The third-order valence-electron chi connectivity index (χ3n) is 4.09. The molecule has 0 saturated carbocycles. The number of nitrogens with one attached hydrogen (secondary N) is 1. The van der Waals surface area contributed by atoms with Gasteiger partial charge in [0.25, 0.3) is 5.91 Å². The Balaban J connectivity index is 1.63. The number of aromatic hydroxyl groups is 1. The van der Waals surface area contributed by atoms with Gasteiger partial charge in [-0.25, -0.2) is 10.2 Å². The fraction of sp³-hybridized carbons (Fsp3) is 0.0455. The zero-order valence-electron chi connectivity index (χ0n) is 15.6. The van der Waals surface area contributed by atoms with Crippen molar-refractivity contribution in [2.24, 2.45) is 5.10 Å². The van der Waals surface area contributed by atoms with Crippen molar-refractivity contribution in [2.75, 3.05) is 0 Å². The van der Waals surface area contributed by atoms with Gasteiger partial charge in [0.1, 0.15) is 18.1 Å². The first-order valence-electron chi connectivity index (χ1n) is 8.80. The molecular weight excluding hydrogens is 499 g/mol. The standard InChI is InChI=1S/C22H17IN2O5/c23-18-10-9-16(11-19(18)26)21(27)25-24-12-17-3-1-2-4-20(17)30-13-14-5-7-15(8-6-14)22(28)29/h1-12,26H,13H2,(H,25,27)(H,28,29)/b24-12-. The van der Waals surface area contributed by atoms with E-state index in [1.54, 1.807) is 36.4 Å². The van der Waals surface area contributed by atoms with Crippen LogP contribution in [0.5, 0.6) is 11.5 Å². The number of rotatable bonds is 7. The van der Waals surface area contributed by atoms with E-state index >= 15 is 0 Å². The van der Waals surface area contributed by atoms with E-state index in [0.717, 1.165) is 5.56 Å². The highest BCUT2D eigenvalue weighted by atomic mass is 127. The largest absolute Gasteiger partial charge is 0.507 e. The number of phenolic OH excluding ortho intramolecular Hbond substituents is 1. The number of halogens is 1. The summed E-state index contributed by atoms with van der Waals surface area (Å²) >= 11 is 1.97. The topological polar surface area (TPSA) is 108 Å². The average Bonchev–Trinajstić information content (AvgIpc) is 2.75. The smallest absolute Gasteiger partial charge is 0.335 e. The number of hydrogen-bond donors (Lipinski definition) is 3. The third-order valence-corrected chi connectivity index (χ3v) is 5.00. The summed E-state index contributed by atoms with van der Waals surface area (Å²) in [5.41, 5.74) is 4.40. The van der Waals surface area contributed by atoms with E-state index in [1.165, 1.54) is 24.4 Å². The lowest BCUT2D eigenvalue weighted by Gasteiger charge is -2.09. The minimum absolute atomic E-state index is 0.0300. The van der Waals surface area contributed by atoms with Crippen LogP contribution in [0.3, 0.4) is 0 Å². The number of phenols is 1. The van der Waals surface area contributed by atoms with Gasteiger partial charge in [-0.05, 0) is 70.6 Å². The summed E-state index contributed by atoms with van der Waals surface area (Å²) in [6.45, 7) is 0.249. The first-order valence-corrected chi connectivity index (χ1v) is 9.88. The van der Waals surface area contributed by atoms with E-state index in [-0.39, 0.29) is 17.9 Å². The summed E-state index contributed by atoms with van der Waals surface area (Å²) < 4.78 is 6.46. The summed E-state index contributed by atoms with van der Waals surface area (Å²) in [4.78, 5) is 23.1. The van der Waals surface area contributed by atoms with Crippen molar-refractivity contribution in [3.05, 3.63) is 92.6 Å². The second-order valence-corrected chi connectivity index (χ2v) is 7.36. The molecule has 30 heavy (non-hydrogen) atoms. The molecule has 0 aromatic heterocycles. The molecule has 3 N–H and O–H groups in total. The molecule has 3 aromatic rings. The highest BCUT2D eigenvalue weighted by Gasteiger charge is 2.08. The summed E-state index contributed by atoms with van der Waals surface area (Å²) in [5, 5.41) is 22.6. The SMILES string of the molecule is O=C(O)c1ccc(COc2ccccc2/C=N\NC(=O)c2ccc(I)c(O)c2)cc1. The lowest BCUT2D eigenvalue weighted by molar-refractivity contribution is 0.0696. The molecular formula is C22H17IN2O5. The number of para-hydroxylation sites is 1. The molecule has 3 aromatic carbocycles. The van der Waals surface area contributed by atoms with Crippen molar-refractivity contribution in [3.8, 4) is 11.5 Å². The fourth-order valence-electron chi connectivity index (χ4n) is 2.50. The lowest BCUT2D eigenvalue weighted by atomic mass is 10.1. The van der Waals surface area contributed by atoms with E-state index in [4.69, 9.17) is 9.84 Å². The summed E-state index contributed by atoms with van der Waals surface area (Å²) in [6, 6.07) is 18.2. The number of carbonyl (C=O) groups is 2. The Morgan fingerprint density at radius 3 is 2.43 bits per heavy atom. The summed E-state index contributed by atoms with van der Waals surface area (Å²) in [5.74, 6) is -0.839. The van der Waals surface area contributed by atoms with Crippen LogP contribution in [0.4, 0.5) is 0 Å². The molecule has 152 valence electrons. The molecule has 0 bridgehead atoms. The second-order valence-electron chi connectivity index (χ2n) is 6.19. The van der Waals surface area contributed by atoms with E-state index in [2.05, 4.69) is 10.5 Å². The monoisotopic (exact) mass is 516 g/mol. The van der Waals surface area contributed by atoms with E-state index in [1.807, 2.05) is 34.7 Å². The maximum atomic E-state index is 12.2. The number of aromatic carboxylic acids is 1. The molecule has 8 heteroatoms. The highest BCUT2D eigenvalue weighted by molar-refractivity contribution is 14.1. The number of benzene rings is 3. The van der Waals surface area contributed by atoms with E-state index in [9.17, 15) is 14.7 Å². The van der Waals surface area contributed by atoms with Gasteiger partial charge in [0.2, 0.25) is 0 Å². The molecule has 0 unspecified atom stereocenters. The maximum Gasteiger partial charge on any atom is 0.335 e. The maximum absolute atomic E-state index is 12.2. The van der Waals surface area contributed by atoms with Gasteiger partial charge in [-0.15, -0.1) is 0 Å². The van der Waals surface area contributed by atoms with Gasteiger partial charge >= 0.3 is 5.97 Å². The molecule has 0 atom stereocenters. The predicted octanol–water partition coefficient (Wildman–Crippen LogP) is 4.04. The van der Waals surface area contributed by atoms with Crippen molar-refractivity contribution in [3.63, 3.8) is 0 Å². The minimum atomic E-state index is -0.980. The fourth-order valence-corrected chi connectivity index (χ4v) is 2.84. The van der Waals surface area contributed by atoms with Crippen molar-refractivity contribution < 1.29 is 24.5 Å². The first-order chi connectivity index (χ1) is 14.4. The van der Waals surface area contributed by atoms with Gasteiger partial charge in [-0.2, -0.15) is 5.10 Å². The van der Waals surface area contributed by atoms with E-state index < -0.39 is 11.9 Å².